The molecule has 2 rings (SSSR count). The highest BCUT2D eigenvalue weighted by Crippen LogP contribution is 2.20. The van der Waals surface area contributed by atoms with Gasteiger partial charge in [-0.25, -0.2) is 4.39 Å². The van der Waals surface area contributed by atoms with E-state index in [-0.39, 0.29) is 5.82 Å². The van der Waals surface area contributed by atoms with Crippen LogP contribution in [0, 0.1) is 18.2 Å². The number of hydrogen-bond acceptors (Lipinski definition) is 1. The molecule has 0 atom stereocenters. The third-order valence-corrected chi connectivity index (χ3v) is 3.42. The van der Waals surface area contributed by atoms with E-state index in [9.17, 15) is 4.39 Å². The van der Waals surface area contributed by atoms with Gasteiger partial charge in [-0.15, -0.1) is 6.42 Å². The first kappa shape index (κ1) is 13.6. The Morgan fingerprint density at radius 1 is 1.42 bits per heavy atom. The summed E-state index contributed by atoms with van der Waals surface area (Å²) < 4.78 is 13.3. The van der Waals surface area contributed by atoms with E-state index >= 15 is 0 Å². The lowest BCUT2D eigenvalue weighted by atomic mass is 10.1. The zero-order valence-electron chi connectivity index (χ0n) is 11.4. The summed E-state index contributed by atoms with van der Waals surface area (Å²) in [4.78, 5) is 5.41. The van der Waals surface area contributed by atoms with Crippen molar-refractivity contribution in [1.29, 1.82) is 0 Å². The molecule has 3 heteroatoms. The van der Waals surface area contributed by atoms with E-state index < -0.39 is 0 Å². The molecule has 1 aromatic carbocycles. The molecule has 0 amide bonds. The number of nitrogens with zero attached hydrogens (tertiary/aromatic N) is 1. The van der Waals surface area contributed by atoms with Crippen molar-refractivity contribution in [2.75, 3.05) is 13.1 Å². The molecule has 0 unspecified atom stereocenters. The topological polar surface area (TPSA) is 19.0 Å². The Kier molecular flexibility index (Phi) is 4.24. The highest BCUT2D eigenvalue weighted by atomic mass is 19.1. The van der Waals surface area contributed by atoms with Crippen LogP contribution in [-0.4, -0.2) is 29.0 Å². The summed E-state index contributed by atoms with van der Waals surface area (Å²) in [6, 6.07) is 5.25. The van der Waals surface area contributed by atoms with E-state index in [0.29, 0.717) is 12.6 Å². The van der Waals surface area contributed by atoms with Gasteiger partial charge in [0.05, 0.1) is 6.54 Å². The first-order valence-corrected chi connectivity index (χ1v) is 6.55. The minimum absolute atomic E-state index is 0.197. The lowest BCUT2D eigenvalue weighted by Crippen LogP contribution is -2.33. The van der Waals surface area contributed by atoms with Crippen LogP contribution in [0.4, 0.5) is 4.39 Å². The number of aromatic nitrogens is 1. The van der Waals surface area contributed by atoms with Crippen molar-refractivity contribution in [3.63, 3.8) is 0 Å². The largest absolute Gasteiger partial charge is 0.361 e. The van der Waals surface area contributed by atoms with Crippen molar-refractivity contribution in [3.8, 4) is 12.3 Å². The predicted molar refractivity (Wildman–Crippen MR) is 77.5 cm³/mol. The molecular weight excluding hydrogens is 239 g/mol. The first-order valence-electron chi connectivity index (χ1n) is 6.55. The molecule has 1 aromatic heterocycles. The predicted octanol–water partition coefficient (Wildman–Crippen LogP) is 3.19. The minimum atomic E-state index is -0.197. The SMILES string of the molecule is C#CCN(CCc1c[nH]c2ccc(F)cc12)C(C)C. The number of H-pyrrole nitrogens is 1. The number of halogens is 1. The second-order valence-electron chi connectivity index (χ2n) is 5.02. The van der Waals surface area contributed by atoms with Gasteiger partial charge in [-0.2, -0.15) is 0 Å². The Hall–Kier alpha value is -1.79. The monoisotopic (exact) mass is 258 g/mol. The van der Waals surface area contributed by atoms with Crippen LogP contribution in [-0.2, 0) is 6.42 Å². The normalized spacial score (nSPS) is 11.4. The van der Waals surface area contributed by atoms with E-state index in [2.05, 4.69) is 29.7 Å². The molecule has 1 N–H and O–H groups in total. The van der Waals surface area contributed by atoms with Gasteiger partial charge >= 0.3 is 0 Å². The molecule has 0 aliphatic rings. The van der Waals surface area contributed by atoms with E-state index in [1.54, 1.807) is 12.1 Å². The Labute approximate surface area is 113 Å². The average molecular weight is 258 g/mol. The van der Waals surface area contributed by atoms with Gasteiger partial charge in [0, 0.05) is 29.7 Å². The fourth-order valence-electron chi connectivity index (χ4n) is 2.26. The molecule has 1 heterocycles. The second kappa shape index (κ2) is 5.90. The highest BCUT2D eigenvalue weighted by molar-refractivity contribution is 5.83. The number of fused-ring (bicyclic) bond motifs is 1. The minimum Gasteiger partial charge on any atom is -0.361 e. The lowest BCUT2D eigenvalue weighted by Gasteiger charge is -2.23. The first-order chi connectivity index (χ1) is 9.11. The molecule has 0 spiro atoms. The second-order valence-corrected chi connectivity index (χ2v) is 5.02. The van der Waals surface area contributed by atoms with Crippen LogP contribution in [0.25, 0.3) is 10.9 Å². The summed E-state index contributed by atoms with van der Waals surface area (Å²) in [5.41, 5.74) is 2.11. The fourth-order valence-corrected chi connectivity index (χ4v) is 2.26. The van der Waals surface area contributed by atoms with Crippen LogP contribution in [0.1, 0.15) is 19.4 Å². The van der Waals surface area contributed by atoms with Gasteiger partial charge in [0.1, 0.15) is 5.82 Å². The third-order valence-electron chi connectivity index (χ3n) is 3.42. The number of aromatic amines is 1. The van der Waals surface area contributed by atoms with Gasteiger partial charge in [-0.05, 0) is 44.0 Å². The summed E-state index contributed by atoms with van der Waals surface area (Å²) in [6.07, 6.45) is 8.20. The quantitative estimate of drug-likeness (QED) is 0.816. The van der Waals surface area contributed by atoms with Crippen LogP contribution in [0.15, 0.2) is 24.4 Å². The Balaban J connectivity index is 2.13. The summed E-state index contributed by atoms with van der Waals surface area (Å²) in [7, 11) is 0. The van der Waals surface area contributed by atoms with Gasteiger partial charge < -0.3 is 4.98 Å². The van der Waals surface area contributed by atoms with Crippen LogP contribution >= 0.6 is 0 Å². The van der Waals surface area contributed by atoms with E-state index in [0.717, 1.165) is 29.4 Å². The van der Waals surface area contributed by atoms with Crippen molar-refractivity contribution in [2.45, 2.75) is 26.3 Å². The molecule has 100 valence electrons. The van der Waals surface area contributed by atoms with Crippen molar-refractivity contribution in [3.05, 3.63) is 35.8 Å². The average Bonchev–Trinajstić information content (AvgIpc) is 2.76. The van der Waals surface area contributed by atoms with Gasteiger partial charge in [0.25, 0.3) is 0 Å². The Morgan fingerprint density at radius 3 is 2.89 bits per heavy atom. The molecular formula is C16H19FN2. The molecule has 0 bridgehead atoms. The van der Waals surface area contributed by atoms with Crippen LogP contribution in [0.3, 0.4) is 0 Å². The van der Waals surface area contributed by atoms with Crippen LogP contribution < -0.4 is 0 Å². The van der Waals surface area contributed by atoms with Crippen LogP contribution in [0.2, 0.25) is 0 Å². The lowest BCUT2D eigenvalue weighted by molar-refractivity contribution is 0.253. The van der Waals surface area contributed by atoms with Crippen molar-refractivity contribution in [2.24, 2.45) is 0 Å². The molecule has 0 saturated carbocycles. The maximum Gasteiger partial charge on any atom is 0.123 e. The summed E-state index contributed by atoms with van der Waals surface area (Å²) in [5.74, 6) is 2.49. The molecule has 0 aliphatic carbocycles. The van der Waals surface area contributed by atoms with E-state index in [1.165, 1.54) is 6.07 Å². The van der Waals surface area contributed by atoms with Gasteiger partial charge in [-0.3, -0.25) is 4.90 Å². The maximum atomic E-state index is 13.3. The number of benzene rings is 1. The summed E-state index contributed by atoms with van der Waals surface area (Å²) in [6.45, 7) is 5.79. The summed E-state index contributed by atoms with van der Waals surface area (Å²) >= 11 is 0. The third kappa shape index (κ3) is 3.15. The number of nitrogens with one attached hydrogen (secondary N) is 1. The van der Waals surface area contributed by atoms with E-state index in [4.69, 9.17) is 6.42 Å². The molecule has 0 fully saturated rings. The molecule has 0 aliphatic heterocycles. The number of hydrogen-bond donors (Lipinski definition) is 1. The zero-order valence-corrected chi connectivity index (χ0v) is 11.4. The van der Waals surface area contributed by atoms with Gasteiger partial charge in [0.15, 0.2) is 0 Å². The Bertz CT molecular complexity index is 592. The van der Waals surface area contributed by atoms with Crippen molar-refractivity contribution in [1.82, 2.24) is 9.88 Å². The maximum absolute atomic E-state index is 13.3. The van der Waals surface area contributed by atoms with E-state index in [1.807, 2.05) is 6.20 Å². The smallest absolute Gasteiger partial charge is 0.123 e. The van der Waals surface area contributed by atoms with Gasteiger partial charge in [-0.1, -0.05) is 5.92 Å². The van der Waals surface area contributed by atoms with Crippen molar-refractivity contribution < 1.29 is 4.39 Å². The highest BCUT2D eigenvalue weighted by Gasteiger charge is 2.10. The molecule has 2 aromatic rings. The number of rotatable bonds is 5. The molecule has 2 nitrogen and oxygen atoms in total. The van der Waals surface area contributed by atoms with Gasteiger partial charge in [0.2, 0.25) is 0 Å². The Morgan fingerprint density at radius 2 is 2.21 bits per heavy atom. The standard InChI is InChI=1S/C16H19FN2/c1-4-8-19(12(2)3)9-7-13-11-18-16-6-5-14(17)10-15(13)16/h1,5-6,10-12,18H,7-9H2,2-3H3. The zero-order chi connectivity index (χ0) is 13.8. The fraction of sp³-hybridized carbons (Fsp3) is 0.375. The van der Waals surface area contributed by atoms with Crippen LogP contribution in [0.5, 0.6) is 0 Å². The summed E-state index contributed by atoms with van der Waals surface area (Å²) in [5, 5.41) is 0.962. The molecule has 19 heavy (non-hydrogen) atoms. The molecule has 0 radical (unpaired) electrons. The molecule has 0 saturated heterocycles. The van der Waals surface area contributed by atoms with Crippen molar-refractivity contribution >= 4 is 10.9 Å². The number of terminal acetylenes is 1.